The van der Waals surface area contributed by atoms with E-state index in [0.29, 0.717) is 12.1 Å². The Morgan fingerprint density at radius 2 is 1.86 bits per heavy atom. The minimum Gasteiger partial charge on any atom is -0.382 e. The van der Waals surface area contributed by atoms with E-state index in [4.69, 9.17) is 0 Å². The van der Waals surface area contributed by atoms with Crippen molar-refractivity contribution in [2.45, 2.75) is 38.8 Å². The SMILES string of the molecule is CC(C)Nc1ccccc1C(=O)N1CCC(N(C)C)CC1. The molecule has 0 spiro atoms. The van der Waals surface area contributed by atoms with E-state index in [0.717, 1.165) is 37.2 Å². The minimum absolute atomic E-state index is 0.149. The second kappa shape index (κ2) is 6.94. The molecule has 1 aliphatic rings. The number of carbonyl (C=O) groups is 1. The van der Waals surface area contributed by atoms with Crippen LogP contribution in [0.3, 0.4) is 0 Å². The number of nitrogens with one attached hydrogen (secondary N) is 1. The van der Waals surface area contributed by atoms with E-state index < -0.39 is 0 Å². The summed E-state index contributed by atoms with van der Waals surface area (Å²) in [6.07, 6.45) is 2.11. The predicted octanol–water partition coefficient (Wildman–Crippen LogP) is 2.67. The first-order chi connectivity index (χ1) is 9.99. The van der Waals surface area contributed by atoms with Crippen LogP contribution >= 0.6 is 0 Å². The monoisotopic (exact) mass is 289 g/mol. The normalized spacial score (nSPS) is 16.6. The summed E-state index contributed by atoms with van der Waals surface area (Å²) in [5, 5.41) is 3.36. The second-order valence-corrected chi connectivity index (χ2v) is 6.33. The molecule has 0 saturated carbocycles. The highest BCUT2D eigenvalue weighted by molar-refractivity contribution is 5.99. The van der Waals surface area contributed by atoms with E-state index in [9.17, 15) is 4.79 Å². The van der Waals surface area contributed by atoms with Gasteiger partial charge in [0.2, 0.25) is 0 Å². The van der Waals surface area contributed by atoms with E-state index >= 15 is 0 Å². The van der Waals surface area contributed by atoms with Crippen molar-refractivity contribution < 1.29 is 4.79 Å². The summed E-state index contributed by atoms with van der Waals surface area (Å²) in [6.45, 7) is 5.86. The first-order valence-electron chi connectivity index (χ1n) is 7.80. The molecule has 0 aromatic heterocycles. The Balaban J connectivity index is 2.07. The molecule has 116 valence electrons. The maximum absolute atomic E-state index is 12.8. The Labute approximate surface area is 128 Å². The van der Waals surface area contributed by atoms with Gasteiger partial charge in [-0.05, 0) is 52.9 Å². The summed E-state index contributed by atoms with van der Waals surface area (Å²) in [4.78, 5) is 17.0. The second-order valence-electron chi connectivity index (χ2n) is 6.33. The Morgan fingerprint density at radius 3 is 2.43 bits per heavy atom. The van der Waals surface area contributed by atoms with E-state index in [1.54, 1.807) is 0 Å². The molecule has 0 bridgehead atoms. The maximum Gasteiger partial charge on any atom is 0.255 e. The van der Waals surface area contributed by atoms with Crippen molar-refractivity contribution in [1.82, 2.24) is 9.80 Å². The third kappa shape index (κ3) is 3.97. The van der Waals surface area contributed by atoms with Crippen LogP contribution in [0.15, 0.2) is 24.3 Å². The highest BCUT2D eigenvalue weighted by Crippen LogP contribution is 2.21. The number of amides is 1. The Bertz CT molecular complexity index is 477. The van der Waals surface area contributed by atoms with Gasteiger partial charge in [-0.25, -0.2) is 0 Å². The Kier molecular flexibility index (Phi) is 5.23. The topological polar surface area (TPSA) is 35.6 Å². The van der Waals surface area contributed by atoms with Crippen LogP contribution in [-0.4, -0.2) is 55.0 Å². The highest BCUT2D eigenvalue weighted by Gasteiger charge is 2.25. The van der Waals surface area contributed by atoms with E-state index in [2.05, 4.69) is 38.2 Å². The van der Waals surface area contributed by atoms with Gasteiger partial charge in [-0.2, -0.15) is 0 Å². The molecule has 0 aliphatic carbocycles. The minimum atomic E-state index is 0.149. The molecule has 1 aromatic rings. The summed E-state index contributed by atoms with van der Waals surface area (Å²) in [6, 6.07) is 8.73. The van der Waals surface area contributed by atoms with Crippen LogP contribution in [0, 0.1) is 0 Å². The van der Waals surface area contributed by atoms with Gasteiger partial charge >= 0.3 is 0 Å². The van der Waals surface area contributed by atoms with E-state index in [-0.39, 0.29) is 5.91 Å². The third-order valence-corrected chi connectivity index (χ3v) is 4.08. The van der Waals surface area contributed by atoms with Crippen LogP contribution in [-0.2, 0) is 0 Å². The number of likely N-dealkylation sites (tertiary alicyclic amines) is 1. The molecule has 1 amide bonds. The van der Waals surface area contributed by atoms with Crippen molar-refractivity contribution in [2.24, 2.45) is 0 Å². The molecule has 0 radical (unpaired) electrons. The number of hydrogen-bond donors (Lipinski definition) is 1. The predicted molar refractivity (Wildman–Crippen MR) is 87.8 cm³/mol. The largest absolute Gasteiger partial charge is 0.382 e. The standard InChI is InChI=1S/C17H27N3O/c1-13(2)18-16-8-6-5-7-15(16)17(21)20-11-9-14(10-12-20)19(3)4/h5-8,13-14,18H,9-12H2,1-4H3. The lowest BCUT2D eigenvalue weighted by molar-refractivity contribution is 0.0664. The van der Waals surface area contributed by atoms with Crippen molar-refractivity contribution in [3.8, 4) is 0 Å². The number of hydrogen-bond acceptors (Lipinski definition) is 3. The molecule has 1 N–H and O–H groups in total. The molecule has 1 aliphatic heterocycles. The van der Waals surface area contributed by atoms with Crippen molar-refractivity contribution in [2.75, 3.05) is 32.5 Å². The Morgan fingerprint density at radius 1 is 1.24 bits per heavy atom. The lowest BCUT2D eigenvalue weighted by Gasteiger charge is -2.35. The van der Waals surface area contributed by atoms with Gasteiger partial charge in [-0.15, -0.1) is 0 Å². The van der Waals surface area contributed by atoms with Crippen LogP contribution in [0.25, 0.3) is 0 Å². The quantitative estimate of drug-likeness (QED) is 0.925. The van der Waals surface area contributed by atoms with Crippen molar-refractivity contribution in [3.05, 3.63) is 29.8 Å². The molecule has 0 atom stereocenters. The maximum atomic E-state index is 12.8. The van der Waals surface area contributed by atoms with Crippen LogP contribution in [0.1, 0.15) is 37.0 Å². The lowest BCUT2D eigenvalue weighted by atomic mass is 10.0. The average molecular weight is 289 g/mol. The van der Waals surface area contributed by atoms with Crippen molar-refractivity contribution >= 4 is 11.6 Å². The molecule has 2 rings (SSSR count). The fourth-order valence-corrected chi connectivity index (χ4v) is 2.86. The molecule has 1 aromatic carbocycles. The fourth-order valence-electron chi connectivity index (χ4n) is 2.86. The van der Waals surface area contributed by atoms with Crippen LogP contribution in [0.5, 0.6) is 0 Å². The number of rotatable bonds is 4. The van der Waals surface area contributed by atoms with E-state index in [1.807, 2.05) is 29.2 Å². The summed E-state index contributed by atoms with van der Waals surface area (Å²) >= 11 is 0. The summed E-state index contributed by atoms with van der Waals surface area (Å²) in [7, 11) is 4.23. The smallest absolute Gasteiger partial charge is 0.255 e. The molecule has 1 fully saturated rings. The molecule has 1 heterocycles. The zero-order chi connectivity index (χ0) is 15.4. The van der Waals surface area contributed by atoms with Gasteiger partial charge in [0.05, 0.1) is 5.56 Å². The molecule has 4 heteroatoms. The molecule has 1 saturated heterocycles. The first-order valence-corrected chi connectivity index (χ1v) is 7.80. The van der Waals surface area contributed by atoms with E-state index in [1.165, 1.54) is 0 Å². The number of piperidine rings is 1. The fraction of sp³-hybridized carbons (Fsp3) is 0.588. The van der Waals surface area contributed by atoms with Gasteiger partial charge in [0, 0.05) is 30.9 Å². The van der Waals surface area contributed by atoms with Gasteiger partial charge in [0.15, 0.2) is 0 Å². The zero-order valence-electron chi connectivity index (χ0n) is 13.6. The van der Waals surface area contributed by atoms with Crippen LogP contribution < -0.4 is 5.32 Å². The van der Waals surface area contributed by atoms with Gasteiger partial charge < -0.3 is 15.1 Å². The lowest BCUT2D eigenvalue weighted by Crippen LogP contribution is -2.44. The molecular formula is C17H27N3O. The number of benzene rings is 1. The van der Waals surface area contributed by atoms with Gasteiger partial charge in [0.25, 0.3) is 5.91 Å². The number of anilines is 1. The first kappa shape index (κ1) is 15.8. The Hall–Kier alpha value is -1.55. The molecule has 21 heavy (non-hydrogen) atoms. The van der Waals surface area contributed by atoms with Crippen LogP contribution in [0.4, 0.5) is 5.69 Å². The summed E-state index contributed by atoms with van der Waals surface area (Å²) < 4.78 is 0. The summed E-state index contributed by atoms with van der Waals surface area (Å²) in [5.74, 6) is 0.149. The number of carbonyl (C=O) groups excluding carboxylic acids is 1. The van der Waals surface area contributed by atoms with Gasteiger partial charge in [0.1, 0.15) is 0 Å². The zero-order valence-corrected chi connectivity index (χ0v) is 13.6. The van der Waals surface area contributed by atoms with Gasteiger partial charge in [-0.3, -0.25) is 4.79 Å². The number of para-hydroxylation sites is 1. The highest BCUT2D eigenvalue weighted by atomic mass is 16.2. The third-order valence-electron chi connectivity index (χ3n) is 4.08. The average Bonchev–Trinajstić information content (AvgIpc) is 2.46. The molecule has 0 unspecified atom stereocenters. The van der Waals surface area contributed by atoms with Crippen molar-refractivity contribution in [1.29, 1.82) is 0 Å². The van der Waals surface area contributed by atoms with Gasteiger partial charge in [-0.1, -0.05) is 12.1 Å². The van der Waals surface area contributed by atoms with Crippen molar-refractivity contribution in [3.63, 3.8) is 0 Å². The number of nitrogens with zero attached hydrogens (tertiary/aromatic N) is 2. The molecule has 4 nitrogen and oxygen atoms in total. The van der Waals surface area contributed by atoms with Crippen LogP contribution in [0.2, 0.25) is 0 Å². The summed E-state index contributed by atoms with van der Waals surface area (Å²) in [5.41, 5.74) is 1.72. The molecular weight excluding hydrogens is 262 g/mol.